The van der Waals surface area contributed by atoms with Crippen LogP contribution in [0.25, 0.3) is 10.2 Å². The SMILES string of the molecule is C=CCn1/c(=N/S(=O)(=O)c2ccccc2)sc2cc(S(N)(=O)=O)ccc21. The van der Waals surface area contributed by atoms with Crippen molar-refractivity contribution in [3.8, 4) is 0 Å². The molecule has 0 aliphatic heterocycles. The molecule has 0 spiro atoms. The molecule has 7 nitrogen and oxygen atoms in total. The summed E-state index contributed by atoms with van der Waals surface area (Å²) in [4.78, 5) is 0.248. The van der Waals surface area contributed by atoms with Crippen molar-refractivity contribution in [1.29, 1.82) is 0 Å². The van der Waals surface area contributed by atoms with Crippen LogP contribution in [0.5, 0.6) is 0 Å². The van der Waals surface area contributed by atoms with E-state index < -0.39 is 20.0 Å². The highest BCUT2D eigenvalue weighted by molar-refractivity contribution is 7.90. The molecule has 0 unspecified atom stereocenters. The van der Waals surface area contributed by atoms with Gasteiger partial charge in [0, 0.05) is 6.54 Å². The van der Waals surface area contributed by atoms with Crippen molar-refractivity contribution < 1.29 is 16.8 Å². The highest BCUT2D eigenvalue weighted by Gasteiger charge is 2.15. The number of hydrogen-bond donors (Lipinski definition) is 1. The Balaban J connectivity index is 2.28. The Morgan fingerprint density at radius 3 is 2.38 bits per heavy atom. The van der Waals surface area contributed by atoms with Gasteiger partial charge >= 0.3 is 0 Å². The van der Waals surface area contributed by atoms with Gasteiger partial charge in [0.25, 0.3) is 10.0 Å². The molecule has 2 aromatic carbocycles. The highest BCUT2D eigenvalue weighted by atomic mass is 32.2. The van der Waals surface area contributed by atoms with Crippen LogP contribution in [0.2, 0.25) is 0 Å². The maximum absolute atomic E-state index is 12.5. The molecule has 0 saturated carbocycles. The van der Waals surface area contributed by atoms with E-state index in [1.165, 1.54) is 24.3 Å². The molecule has 0 bridgehead atoms. The first kappa shape index (κ1) is 18.5. The van der Waals surface area contributed by atoms with Crippen LogP contribution in [-0.4, -0.2) is 21.4 Å². The first-order chi connectivity index (χ1) is 12.2. The van der Waals surface area contributed by atoms with Crippen LogP contribution in [0.1, 0.15) is 0 Å². The van der Waals surface area contributed by atoms with E-state index >= 15 is 0 Å². The predicted molar refractivity (Wildman–Crippen MR) is 101 cm³/mol. The molecule has 1 aromatic heterocycles. The number of hydrogen-bond acceptors (Lipinski definition) is 5. The standard InChI is InChI=1S/C16H15N3O4S3/c1-2-10-19-14-9-8-13(25(17,20)21)11-15(14)24-16(19)18-26(22,23)12-6-4-3-5-7-12/h2-9,11H,1,10H2,(H2,17,20,21)/b18-16-. The fourth-order valence-corrected chi connectivity index (χ4v) is 5.27. The number of sulfonamides is 2. The zero-order chi connectivity index (χ0) is 18.9. The molecule has 0 aliphatic rings. The van der Waals surface area contributed by atoms with E-state index in [2.05, 4.69) is 11.0 Å². The van der Waals surface area contributed by atoms with Crippen molar-refractivity contribution in [3.63, 3.8) is 0 Å². The summed E-state index contributed by atoms with van der Waals surface area (Å²) in [6, 6.07) is 12.2. The molecule has 1 heterocycles. The van der Waals surface area contributed by atoms with Gasteiger partial charge in [0.2, 0.25) is 14.8 Å². The molecule has 0 amide bonds. The van der Waals surface area contributed by atoms with Crippen molar-refractivity contribution in [1.82, 2.24) is 4.57 Å². The Morgan fingerprint density at radius 2 is 1.77 bits per heavy atom. The lowest BCUT2D eigenvalue weighted by Crippen LogP contribution is -2.16. The largest absolute Gasteiger partial charge is 0.312 e. The van der Waals surface area contributed by atoms with Gasteiger partial charge in [0.05, 0.1) is 20.0 Å². The molecule has 136 valence electrons. The van der Waals surface area contributed by atoms with Crippen LogP contribution in [0.4, 0.5) is 0 Å². The topological polar surface area (TPSA) is 112 Å². The van der Waals surface area contributed by atoms with Gasteiger partial charge in [0.1, 0.15) is 0 Å². The van der Waals surface area contributed by atoms with Gasteiger partial charge in [-0.05, 0) is 30.3 Å². The van der Waals surface area contributed by atoms with E-state index in [1.807, 2.05) is 0 Å². The fourth-order valence-electron chi connectivity index (χ4n) is 2.35. The van der Waals surface area contributed by atoms with Crippen molar-refractivity contribution >= 4 is 41.6 Å². The molecule has 26 heavy (non-hydrogen) atoms. The Labute approximate surface area is 154 Å². The second-order valence-electron chi connectivity index (χ2n) is 5.34. The second-order valence-corrected chi connectivity index (χ2v) is 9.51. The van der Waals surface area contributed by atoms with Gasteiger partial charge in [-0.2, -0.15) is 8.42 Å². The number of rotatable bonds is 5. The Bertz CT molecular complexity index is 1260. The molecule has 0 atom stereocenters. The van der Waals surface area contributed by atoms with Gasteiger partial charge in [-0.15, -0.1) is 11.0 Å². The van der Waals surface area contributed by atoms with Crippen LogP contribution in [0, 0.1) is 0 Å². The van der Waals surface area contributed by atoms with E-state index in [9.17, 15) is 16.8 Å². The highest BCUT2D eigenvalue weighted by Crippen LogP contribution is 2.22. The molecule has 0 aliphatic carbocycles. The van der Waals surface area contributed by atoms with E-state index in [1.54, 1.807) is 34.9 Å². The summed E-state index contributed by atoms with van der Waals surface area (Å²) in [6.07, 6.45) is 1.61. The Hall–Kier alpha value is -2.27. The third kappa shape index (κ3) is 3.63. The molecule has 2 N–H and O–H groups in total. The van der Waals surface area contributed by atoms with Crippen molar-refractivity contribution in [3.05, 3.63) is 66.0 Å². The molecule has 0 fully saturated rings. The van der Waals surface area contributed by atoms with E-state index in [0.717, 1.165) is 11.3 Å². The molecular weight excluding hydrogens is 394 g/mol. The lowest BCUT2D eigenvalue weighted by molar-refractivity contribution is 0.595. The third-order valence-electron chi connectivity index (χ3n) is 3.53. The van der Waals surface area contributed by atoms with Crippen molar-refractivity contribution in [2.75, 3.05) is 0 Å². The zero-order valence-electron chi connectivity index (χ0n) is 13.4. The van der Waals surface area contributed by atoms with Crippen LogP contribution in [-0.2, 0) is 26.6 Å². The number of benzene rings is 2. The number of primary sulfonamides is 1. The lowest BCUT2D eigenvalue weighted by atomic mass is 10.3. The first-order valence-corrected chi connectivity index (χ1v) is 11.2. The van der Waals surface area contributed by atoms with Gasteiger partial charge in [-0.25, -0.2) is 13.6 Å². The predicted octanol–water partition coefficient (Wildman–Crippen LogP) is 1.83. The van der Waals surface area contributed by atoms with Gasteiger partial charge in [-0.3, -0.25) is 0 Å². The van der Waals surface area contributed by atoms with Gasteiger partial charge in [-0.1, -0.05) is 35.6 Å². The Morgan fingerprint density at radius 1 is 1.08 bits per heavy atom. The minimum atomic E-state index is -3.90. The van der Waals surface area contributed by atoms with E-state index in [4.69, 9.17) is 5.14 Å². The number of nitrogens with two attached hydrogens (primary N) is 1. The maximum Gasteiger partial charge on any atom is 0.285 e. The third-order valence-corrected chi connectivity index (χ3v) is 6.88. The number of nitrogens with zero attached hydrogens (tertiary/aromatic N) is 2. The molecule has 10 heteroatoms. The molecule has 3 rings (SSSR count). The first-order valence-electron chi connectivity index (χ1n) is 7.35. The van der Waals surface area contributed by atoms with Crippen LogP contribution in [0.3, 0.4) is 0 Å². The monoisotopic (exact) mass is 409 g/mol. The summed E-state index contributed by atoms with van der Waals surface area (Å²) < 4.78 is 54.3. The van der Waals surface area contributed by atoms with E-state index in [-0.39, 0.29) is 14.6 Å². The van der Waals surface area contributed by atoms with E-state index in [0.29, 0.717) is 16.8 Å². The normalized spacial score (nSPS) is 13.2. The number of allylic oxidation sites excluding steroid dienone is 1. The summed E-state index contributed by atoms with van der Waals surface area (Å²) in [7, 11) is -7.76. The summed E-state index contributed by atoms with van der Waals surface area (Å²) >= 11 is 1.07. The number of fused-ring (bicyclic) bond motifs is 1. The minimum absolute atomic E-state index is 0.0468. The molecule has 0 saturated heterocycles. The van der Waals surface area contributed by atoms with Crippen LogP contribution in [0.15, 0.2) is 75.4 Å². The smallest absolute Gasteiger partial charge is 0.285 e. The summed E-state index contributed by atoms with van der Waals surface area (Å²) in [5.74, 6) is 0. The van der Waals surface area contributed by atoms with Crippen LogP contribution < -0.4 is 9.94 Å². The molecule has 3 aromatic rings. The van der Waals surface area contributed by atoms with Crippen molar-refractivity contribution in [2.45, 2.75) is 16.3 Å². The summed E-state index contributed by atoms with van der Waals surface area (Å²) in [5, 5.41) is 5.16. The lowest BCUT2D eigenvalue weighted by Gasteiger charge is -2.02. The molecular formula is C16H15N3O4S3. The summed E-state index contributed by atoms with van der Waals surface area (Å²) in [6.45, 7) is 3.99. The second kappa shape index (κ2) is 6.80. The maximum atomic E-state index is 12.5. The molecule has 0 radical (unpaired) electrons. The Kier molecular flexibility index (Phi) is 4.84. The average molecular weight is 410 g/mol. The summed E-state index contributed by atoms with van der Waals surface area (Å²) in [5.41, 5.74) is 0.643. The minimum Gasteiger partial charge on any atom is -0.312 e. The van der Waals surface area contributed by atoms with Gasteiger partial charge in [0.15, 0.2) is 0 Å². The zero-order valence-corrected chi connectivity index (χ0v) is 15.9. The van der Waals surface area contributed by atoms with Crippen LogP contribution >= 0.6 is 11.3 Å². The van der Waals surface area contributed by atoms with Gasteiger partial charge < -0.3 is 4.57 Å². The number of thiazole rings is 1. The number of aromatic nitrogens is 1. The fraction of sp³-hybridized carbons (Fsp3) is 0.0625. The average Bonchev–Trinajstić information content (AvgIpc) is 2.91. The van der Waals surface area contributed by atoms with Crippen molar-refractivity contribution in [2.24, 2.45) is 9.54 Å². The quantitative estimate of drug-likeness (QED) is 0.648.